The zero-order valence-electron chi connectivity index (χ0n) is 16.3. The number of benzene rings is 3. The van der Waals surface area contributed by atoms with E-state index in [0.29, 0.717) is 32.8 Å². The average Bonchev–Trinajstić information content (AvgIpc) is 2.79. The van der Waals surface area contributed by atoms with Gasteiger partial charge in [0.05, 0.1) is 5.36 Å². The summed E-state index contributed by atoms with van der Waals surface area (Å²) in [6.07, 6.45) is -0.658. The Kier molecular flexibility index (Phi) is 4.83. The molecule has 31 heavy (non-hydrogen) atoms. The molecule has 0 fully saturated rings. The van der Waals surface area contributed by atoms with Crippen molar-refractivity contribution in [3.63, 3.8) is 0 Å². The lowest BCUT2D eigenvalue weighted by molar-refractivity contribution is -0.116. The number of phenols is 2. The van der Waals surface area contributed by atoms with Gasteiger partial charge in [0.15, 0.2) is 22.8 Å². The van der Waals surface area contributed by atoms with Gasteiger partial charge in [-0.15, -0.1) is 5.10 Å². The summed E-state index contributed by atoms with van der Waals surface area (Å²) in [6.45, 7) is 0. The number of hydrazone groups is 1. The number of para-hydroxylation sites is 1. The summed E-state index contributed by atoms with van der Waals surface area (Å²) >= 11 is 1.43. The highest BCUT2D eigenvalue weighted by atomic mass is 32.2. The van der Waals surface area contributed by atoms with Crippen LogP contribution in [0.3, 0.4) is 0 Å². The normalized spacial score (nSPS) is 17.2. The highest BCUT2D eigenvalue weighted by Gasteiger charge is 2.34. The number of amidine groups is 1. The Bertz CT molecular complexity index is 1320. The molecular formula is C23H18N4O3S. The molecule has 1 atom stereocenters. The van der Waals surface area contributed by atoms with Crippen LogP contribution in [0.4, 0.5) is 0 Å². The van der Waals surface area contributed by atoms with Crippen molar-refractivity contribution in [2.75, 3.05) is 0 Å². The number of hydrogen-bond acceptors (Lipinski definition) is 7. The first-order valence-electron chi connectivity index (χ1n) is 9.65. The monoisotopic (exact) mass is 430 g/mol. The van der Waals surface area contributed by atoms with Crippen LogP contribution in [0.1, 0.15) is 17.3 Å². The van der Waals surface area contributed by atoms with E-state index in [1.807, 2.05) is 54.6 Å². The maximum atomic E-state index is 13.1. The lowest BCUT2D eigenvalue weighted by Crippen LogP contribution is -2.50. The molecule has 0 bridgehead atoms. The van der Waals surface area contributed by atoms with Crippen LogP contribution in [0.5, 0.6) is 11.5 Å². The number of rotatable bonds is 3. The largest absolute Gasteiger partial charge is 0.504 e. The smallest absolute Gasteiger partial charge is 0.276 e. The summed E-state index contributed by atoms with van der Waals surface area (Å²) in [5.74, 6) is -0.0806. The first-order valence-corrected chi connectivity index (χ1v) is 10.6. The van der Waals surface area contributed by atoms with Gasteiger partial charge in [0.2, 0.25) is 0 Å². The zero-order chi connectivity index (χ0) is 21.4. The molecule has 1 unspecified atom stereocenters. The molecule has 2 aliphatic heterocycles. The van der Waals surface area contributed by atoms with Crippen LogP contribution in [0, 0.1) is 0 Å². The molecule has 154 valence electrons. The van der Waals surface area contributed by atoms with E-state index >= 15 is 0 Å². The fraction of sp³-hybridized carbons (Fsp3) is 0.0870. The standard InChI is InChI=1S/C23H18N4O3S/c28-18-11-10-15(12-19(18)29)21-24-17-9-5-4-8-16(17)20-22(30)25-23(26-27(20)21)31-13-14-6-2-1-3-7-14/h1-12,21,28-29H,13H2,(H,25,26,30). The number of hydrogen-bond donors (Lipinski definition) is 3. The fourth-order valence-corrected chi connectivity index (χ4v) is 4.34. The van der Waals surface area contributed by atoms with E-state index in [9.17, 15) is 15.0 Å². The van der Waals surface area contributed by atoms with Crippen molar-refractivity contribution < 1.29 is 15.0 Å². The molecule has 3 aromatic rings. The minimum Gasteiger partial charge on any atom is -0.504 e. The molecule has 1 amide bonds. The predicted molar refractivity (Wildman–Crippen MR) is 118 cm³/mol. The topological polar surface area (TPSA) is 97.5 Å². The molecule has 0 aromatic heterocycles. The second-order valence-electron chi connectivity index (χ2n) is 7.09. The molecule has 8 heteroatoms. The highest BCUT2D eigenvalue weighted by Crippen LogP contribution is 2.35. The van der Waals surface area contributed by atoms with Crippen molar-refractivity contribution in [3.05, 3.63) is 94.5 Å². The number of carbonyl (C=O) groups excluding carboxylic acids is 1. The predicted octanol–water partition coefficient (Wildman–Crippen LogP) is 2.17. The van der Waals surface area contributed by atoms with Crippen LogP contribution in [0.2, 0.25) is 0 Å². The first-order chi connectivity index (χ1) is 15.1. The van der Waals surface area contributed by atoms with Gasteiger partial charge in [-0.2, -0.15) is 0 Å². The fourth-order valence-electron chi connectivity index (χ4n) is 3.54. The lowest BCUT2D eigenvalue weighted by Gasteiger charge is -2.34. The van der Waals surface area contributed by atoms with Gasteiger partial charge in [-0.3, -0.25) is 15.1 Å². The Morgan fingerprint density at radius 3 is 2.55 bits per heavy atom. The molecule has 0 saturated carbocycles. The molecule has 0 aliphatic carbocycles. The third-order valence-corrected chi connectivity index (χ3v) is 5.97. The number of carbonyl (C=O) groups is 1. The summed E-state index contributed by atoms with van der Waals surface area (Å²) in [4.78, 5) is 17.9. The van der Waals surface area contributed by atoms with Crippen LogP contribution < -0.4 is 15.9 Å². The summed E-state index contributed by atoms with van der Waals surface area (Å²) < 4.78 is 0. The Morgan fingerprint density at radius 2 is 1.74 bits per heavy atom. The van der Waals surface area contributed by atoms with Crippen LogP contribution in [0.25, 0.3) is 5.70 Å². The van der Waals surface area contributed by atoms with Crippen LogP contribution in [0.15, 0.2) is 82.9 Å². The number of aromatic hydroxyl groups is 2. The van der Waals surface area contributed by atoms with E-state index in [4.69, 9.17) is 4.99 Å². The number of nitrogens with one attached hydrogen (secondary N) is 1. The van der Waals surface area contributed by atoms with Gasteiger partial charge in [-0.1, -0.05) is 66.4 Å². The molecule has 0 saturated heterocycles. The molecule has 7 nitrogen and oxygen atoms in total. The number of nitrogens with zero attached hydrogens (tertiary/aromatic N) is 3. The van der Waals surface area contributed by atoms with E-state index in [1.54, 1.807) is 11.1 Å². The van der Waals surface area contributed by atoms with E-state index < -0.39 is 6.17 Å². The quantitative estimate of drug-likeness (QED) is 0.554. The summed E-state index contributed by atoms with van der Waals surface area (Å²) in [6, 6.07) is 21.8. The first kappa shape index (κ1) is 19.2. The third kappa shape index (κ3) is 3.62. The number of amides is 1. The van der Waals surface area contributed by atoms with Crippen molar-refractivity contribution in [2.45, 2.75) is 11.9 Å². The molecule has 2 heterocycles. The van der Waals surface area contributed by atoms with Crippen LogP contribution in [-0.4, -0.2) is 26.3 Å². The molecule has 5 rings (SSSR count). The van der Waals surface area contributed by atoms with Crippen molar-refractivity contribution in [1.29, 1.82) is 0 Å². The Labute approximate surface area is 182 Å². The van der Waals surface area contributed by atoms with Gasteiger partial charge in [-0.25, -0.2) is 5.01 Å². The maximum Gasteiger partial charge on any atom is 0.276 e. The maximum absolute atomic E-state index is 13.1. The average molecular weight is 430 g/mol. The SMILES string of the molecule is O=C1NC(SCc2ccccc2)=NN2C1=c1ccccc1=NC2c1ccc(O)c(O)c1. The number of fused-ring (bicyclic) bond motifs is 2. The van der Waals surface area contributed by atoms with Crippen molar-refractivity contribution in [2.24, 2.45) is 10.1 Å². The van der Waals surface area contributed by atoms with E-state index in [0.717, 1.165) is 5.56 Å². The highest BCUT2D eigenvalue weighted by molar-refractivity contribution is 8.13. The molecule has 2 aliphatic rings. The van der Waals surface area contributed by atoms with Gasteiger partial charge in [-0.05, 0) is 23.8 Å². The summed E-state index contributed by atoms with van der Waals surface area (Å²) in [5.41, 5.74) is 2.12. The molecule has 0 spiro atoms. The third-order valence-electron chi connectivity index (χ3n) is 5.03. The van der Waals surface area contributed by atoms with Gasteiger partial charge >= 0.3 is 0 Å². The van der Waals surface area contributed by atoms with E-state index in [2.05, 4.69) is 10.4 Å². The molecular weight excluding hydrogens is 412 g/mol. The molecule has 0 radical (unpaired) electrons. The number of thioether (sulfide) groups is 1. The van der Waals surface area contributed by atoms with Gasteiger partial charge in [0.1, 0.15) is 5.70 Å². The van der Waals surface area contributed by atoms with Crippen LogP contribution in [-0.2, 0) is 10.5 Å². The summed E-state index contributed by atoms with van der Waals surface area (Å²) in [7, 11) is 0. The van der Waals surface area contributed by atoms with Crippen molar-refractivity contribution in [1.82, 2.24) is 10.3 Å². The molecule has 3 aromatic carbocycles. The van der Waals surface area contributed by atoms with Gasteiger partial charge in [0, 0.05) is 16.5 Å². The van der Waals surface area contributed by atoms with Gasteiger partial charge in [0.25, 0.3) is 5.91 Å². The van der Waals surface area contributed by atoms with E-state index in [-0.39, 0.29) is 17.4 Å². The second-order valence-corrected chi connectivity index (χ2v) is 8.06. The van der Waals surface area contributed by atoms with E-state index in [1.165, 1.54) is 23.9 Å². The lowest BCUT2D eigenvalue weighted by atomic mass is 10.1. The Morgan fingerprint density at radius 1 is 0.968 bits per heavy atom. The minimum absolute atomic E-state index is 0.219. The van der Waals surface area contributed by atoms with Crippen LogP contribution >= 0.6 is 11.8 Å². The van der Waals surface area contributed by atoms with Gasteiger partial charge < -0.3 is 10.2 Å². The van der Waals surface area contributed by atoms with Crippen molar-refractivity contribution >= 4 is 28.5 Å². The minimum atomic E-state index is -0.658. The Balaban J connectivity index is 1.58. The summed E-state index contributed by atoms with van der Waals surface area (Å²) in [5, 5.41) is 30.7. The van der Waals surface area contributed by atoms with Crippen molar-refractivity contribution in [3.8, 4) is 11.5 Å². The Hall–Kier alpha value is -3.78. The molecule has 3 N–H and O–H groups in total. The second kappa shape index (κ2) is 7.81. The zero-order valence-corrected chi connectivity index (χ0v) is 17.1. The number of phenolic OH excluding ortho intramolecular Hbond substituents is 2.